The number of allylic oxidation sites excluding steroid dienone is 1. The van der Waals surface area contributed by atoms with Gasteiger partial charge in [0, 0.05) is 12.7 Å². The van der Waals surface area contributed by atoms with E-state index in [1.807, 2.05) is 27.7 Å². The molecule has 1 N–H and O–H groups in total. The standard InChI is InChI=1S/C9H13N3O.C2H6/c1-5-7(10-3)8-6(2)11-12(4)9(8)13;1-2/h5,11H,3H2,1-2,4H3;1-2H3/b7-5-;. The van der Waals surface area contributed by atoms with Crippen molar-refractivity contribution in [3.8, 4) is 0 Å². The van der Waals surface area contributed by atoms with Crippen molar-refractivity contribution >= 4 is 12.4 Å². The van der Waals surface area contributed by atoms with Gasteiger partial charge in [-0.25, -0.2) is 0 Å². The first-order chi connectivity index (χ1) is 7.11. The van der Waals surface area contributed by atoms with E-state index < -0.39 is 0 Å². The van der Waals surface area contributed by atoms with E-state index in [1.165, 1.54) is 4.68 Å². The first-order valence-corrected chi connectivity index (χ1v) is 5.00. The molecule has 4 nitrogen and oxygen atoms in total. The predicted octanol–water partition coefficient (Wildman–Crippen LogP) is 2.11. The molecule has 0 amide bonds. The molecule has 0 aromatic carbocycles. The van der Waals surface area contributed by atoms with Crippen LogP contribution in [-0.2, 0) is 7.05 Å². The molecule has 0 unspecified atom stereocenters. The van der Waals surface area contributed by atoms with Crippen LogP contribution in [0.1, 0.15) is 32.0 Å². The Morgan fingerprint density at radius 2 is 2.07 bits per heavy atom. The molecule has 0 radical (unpaired) electrons. The molecule has 0 saturated heterocycles. The van der Waals surface area contributed by atoms with Gasteiger partial charge >= 0.3 is 0 Å². The smallest absolute Gasteiger partial charge is 0.275 e. The SMILES string of the molecule is C=N/C(=C\C)c1c(C)[nH]n(C)c1=O.CC. The van der Waals surface area contributed by atoms with Crippen LogP contribution in [0.25, 0.3) is 5.70 Å². The van der Waals surface area contributed by atoms with Crippen LogP contribution in [0.5, 0.6) is 0 Å². The van der Waals surface area contributed by atoms with Crippen LogP contribution in [0.4, 0.5) is 0 Å². The zero-order valence-corrected chi connectivity index (χ0v) is 10.1. The average Bonchev–Trinajstić information content (AvgIpc) is 2.49. The van der Waals surface area contributed by atoms with E-state index in [4.69, 9.17) is 0 Å². The summed E-state index contributed by atoms with van der Waals surface area (Å²) in [4.78, 5) is 15.3. The molecule has 84 valence electrons. The van der Waals surface area contributed by atoms with Crippen LogP contribution in [0, 0.1) is 6.92 Å². The number of aromatic amines is 1. The van der Waals surface area contributed by atoms with Crippen LogP contribution in [0.2, 0.25) is 0 Å². The van der Waals surface area contributed by atoms with Gasteiger partial charge in [-0.15, -0.1) is 0 Å². The first kappa shape index (κ1) is 13.4. The second-order valence-corrected chi connectivity index (χ2v) is 2.81. The predicted molar refractivity (Wildman–Crippen MR) is 65.3 cm³/mol. The van der Waals surface area contributed by atoms with Crippen LogP contribution in [-0.4, -0.2) is 16.5 Å². The Morgan fingerprint density at radius 1 is 1.53 bits per heavy atom. The maximum absolute atomic E-state index is 11.6. The summed E-state index contributed by atoms with van der Waals surface area (Å²) in [5.41, 5.74) is 1.96. The highest BCUT2D eigenvalue weighted by Crippen LogP contribution is 2.13. The third-order valence-corrected chi connectivity index (χ3v) is 1.93. The Morgan fingerprint density at radius 3 is 2.33 bits per heavy atom. The van der Waals surface area contributed by atoms with Gasteiger partial charge in [-0.2, -0.15) is 0 Å². The number of hydrogen-bond donors (Lipinski definition) is 1. The van der Waals surface area contributed by atoms with Crippen molar-refractivity contribution in [3.63, 3.8) is 0 Å². The maximum Gasteiger partial charge on any atom is 0.275 e. The number of aryl methyl sites for hydroxylation is 2. The number of nitrogens with one attached hydrogen (secondary N) is 1. The van der Waals surface area contributed by atoms with Crippen molar-refractivity contribution in [3.05, 3.63) is 27.7 Å². The van der Waals surface area contributed by atoms with E-state index in [1.54, 1.807) is 13.1 Å². The number of rotatable bonds is 2. The van der Waals surface area contributed by atoms with Crippen LogP contribution in [0.3, 0.4) is 0 Å². The van der Waals surface area contributed by atoms with Crippen molar-refractivity contribution < 1.29 is 0 Å². The number of nitrogens with zero attached hydrogens (tertiary/aromatic N) is 2. The summed E-state index contributed by atoms with van der Waals surface area (Å²) < 4.78 is 1.43. The van der Waals surface area contributed by atoms with Crippen molar-refractivity contribution in [2.75, 3.05) is 0 Å². The molecule has 0 aliphatic carbocycles. The Kier molecular flexibility index (Phi) is 5.37. The maximum atomic E-state index is 11.6. The fourth-order valence-corrected chi connectivity index (χ4v) is 1.30. The summed E-state index contributed by atoms with van der Waals surface area (Å²) in [6.07, 6.45) is 1.77. The average molecular weight is 209 g/mol. The van der Waals surface area contributed by atoms with Gasteiger partial charge in [0.25, 0.3) is 5.56 Å². The van der Waals surface area contributed by atoms with Gasteiger partial charge in [0.15, 0.2) is 0 Å². The Bertz CT molecular complexity index is 410. The lowest BCUT2D eigenvalue weighted by Crippen LogP contribution is -2.14. The fraction of sp³-hybridized carbons (Fsp3) is 0.455. The summed E-state index contributed by atoms with van der Waals surface area (Å²) in [5.74, 6) is 0. The number of aliphatic imine (C=N–C) groups is 1. The molecule has 1 aromatic rings. The quantitative estimate of drug-likeness (QED) is 0.745. The highest BCUT2D eigenvalue weighted by Gasteiger charge is 2.11. The Hall–Kier alpha value is -1.58. The molecule has 15 heavy (non-hydrogen) atoms. The normalized spacial score (nSPS) is 10.6. The summed E-state index contributed by atoms with van der Waals surface area (Å²) in [6, 6.07) is 0. The molecule has 0 fully saturated rings. The van der Waals surface area contributed by atoms with Crippen molar-refractivity contribution in [1.29, 1.82) is 0 Å². The van der Waals surface area contributed by atoms with Crippen LogP contribution in [0.15, 0.2) is 15.9 Å². The summed E-state index contributed by atoms with van der Waals surface area (Å²) in [6.45, 7) is 11.1. The lowest BCUT2D eigenvalue weighted by molar-refractivity contribution is 0.730. The zero-order valence-electron chi connectivity index (χ0n) is 10.1. The molecule has 1 rings (SSSR count). The monoisotopic (exact) mass is 209 g/mol. The first-order valence-electron chi connectivity index (χ1n) is 5.00. The Balaban J connectivity index is 0.000000921. The van der Waals surface area contributed by atoms with Gasteiger partial charge < -0.3 is 0 Å². The minimum absolute atomic E-state index is 0.0713. The molecule has 0 saturated carbocycles. The van der Waals surface area contributed by atoms with Gasteiger partial charge in [0.1, 0.15) is 0 Å². The summed E-state index contributed by atoms with van der Waals surface area (Å²) in [7, 11) is 1.68. The number of aromatic nitrogens is 2. The molecular formula is C11H19N3O. The van der Waals surface area contributed by atoms with Crippen LogP contribution >= 0.6 is 0 Å². The third-order valence-electron chi connectivity index (χ3n) is 1.93. The van der Waals surface area contributed by atoms with Gasteiger partial charge in [0.05, 0.1) is 11.3 Å². The van der Waals surface area contributed by atoms with E-state index >= 15 is 0 Å². The minimum Gasteiger partial charge on any atom is -0.300 e. The lowest BCUT2D eigenvalue weighted by Gasteiger charge is -1.94. The zero-order chi connectivity index (χ0) is 12.0. The summed E-state index contributed by atoms with van der Waals surface area (Å²) in [5, 5.41) is 2.90. The van der Waals surface area contributed by atoms with E-state index in [9.17, 15) is 4.79 Å². The molecule has 0 atom stereocenters. The van der Waals surface area contributed by atoms with E-state index in [-0.39, 0.29) is 5.56 Å². The molecule has 0 spiro atoms. The van der Waals surface area contributed by atoms with Crippen molar-refractivity contribution in [1.82, 2.24) is 9.78 Å². The van der Waals surface area contributed by atoms with E-state index in [0.717, 1.165) is 5.69 Å². The largest absolute Gasteiger partial charge is 0.300 e. The van der Waals surface area contributed by atoms with Crippen molar-refractivity contribution in [2.24, 2.45) is 12.0 Å². The van der Waals surface area contributed by atoms with Gasteiger partial charge in [-0.1, -0.05) is 19.9 Å². The number of H-pyrrole nitrogens is 1. The molecule has 1 heterocycles. The molecular weight excluding hydrogens is 190 g/mol. The number of hydrogen-bond acceptors (Lipinski definition) is 2. The van der Waals surface area contributed by atoms with Gasteiger partial charge in [-0.3, -0.25) is 19.6 Å². The van der Waals surface area contributed by atoms with Gasteiger partial charge in [0.2, 0.25) is 0 Å². The fourth-order valence-electron chi connectivity index (χ4n) is 1.30. The van der Waals surface area contributed by atoms with Crippen molar-refractivity contribution in [2.45, 2.75) is 27.7 Å². The molecule has 4 heteroatoms. The third kappa shape index (κ3) is 2.68. The highest BCUT2D eigenvalue weighted by atomic mass is 16.1. The molecule has 1 aromatic heterocycles. The van der Waals surface area contributed by atoms with Gasteiger partial charge in [-0.05, 0) is 20.6 Å². The lowest BCUT2D eigenvalue weighted by atomic mass is 10.2. The molecule has 0 bridgehead atoms. The second kappa shape index (κ2) is 6.01. The highest BCUT2D eigenvalue weighted by molar-refractivity contribution is 5.68. The minimum atomic E-state index is -0.0713. The van der Waals surface area contributed by atoms with Crippen LogP contribution < -0.4 is 5.56 Å². The summed E-state index contributed by atoms with van der Waals surface area (Å²) >= 11 is 0. The molecule has 0 aliphatic heterocycles. The van der Waals surface area contributed by atoms with E-state index in [2.05, 4.69) is 16.8 Å². The Labute approximate surface area is 90.3 Å². The molecule has 0 aliphatic rings. The second-order valence-electron chi connectivity index (χ2n) is 2.81. The van der Waals surface area contributed by atoms with E-state index in [0.29, 0.717) is 11.3 Å². The topological polar surface area (TPSA) is 50.1 Å².